The Morgan fingerprint density at radius 3 is 2.84 bits per heavy atom. The van der Waals surface area contributed by atoms with Gasteiger partial charge in [0.05, 0.1) is 6.04 Å². The van der Waals surface area contributed by atoms with Crippen molar-refractivity contribution in [3.8, 4) is 0 Å². The van der Waals surface area contributed by atoms with Crippen LogP contribution in [0, 0.1) is 5.82 Å². The van der Waals surface area contributed by atoms with Crippen molar-refractivity contribution in [2.45, 2.75) is 45.1 Å². The molecule has 0 saturated heterocycles. The molecule has 1 aliphatic carbocycles. The number of allylic oxidation sites excluding steroid dienone is 1. The van der Waals surface area contributed by atoms with E-state index in [9.17, 15) is 4.39 Å². The maximum atomic E-state index is 14.1. The smallest absolute Gasteiger partial charge is 0.129 e. The molecule has 0 radical (unpaired) electrons. The first-order chi connectivity index (χ1) is 9.24. The van der Waals surface area contributed by atoms with Gasteiger partial charge in [0.2, 0.25) is 0 Å². The summed E-state index contributed by atoms with van der Waals surface area (Å²) in [5.41, 5.74) is 1.89. The monoisotopic (exact) mass is 281 g/mol. The van der Waals surface area contributed by atoms with Gasteiger partial charge in [0.15, 0.2) is 0 Å². The highest BCUT2D eigenvalue weighted by Crippen LogP contribution is 2.34. The number of hydrogen-bond donors (Lipinski definition) is 1. The highest BCUT2D eigenvalue weighted by Gasteiger charge is 2.22. The molecule has 0 amide bonds. The van der Waals surface area contributed by atoms with Gasteiger partial charge in [-0.1, -0.05) is 36.2 Å². The minimum atomic E-state index is -0.215. The maximum Gasteiger partial charge on any atom is 0.129 e. The summed E-state index contributed by atoms with van der Waals surface area (Å²) in [5, 5.41) is 3.96. The zero-order chi connectivity index (χ0) is 13.7. The molecular formula is C16H21ClFN. The minimum absolute atomic E-state index is 0.0750. The standard InChI is InChI=1S/C16H21ClFN/c1-2-11-19-16(12-7-4-3-5-8-12)15-13(17)9-6-10-14(15)18/h6-7,9-10,16,19H,2-5,8,11H2,1H3. The molecule has 0 heterocycles. The molecule has 2 rings (SSSR count). The van der Waals surface area contributed by atoms with Crippen molar-refractivity contribution < 1.29 is 4.39 Å². The average molecular weight is 282 g/mol. The lowest BCUT2D eigenvalue weighted by Gasteiger charge is -2.26. The fourth-order valence-corrected chi connectivity index (χ4v) is 2.89. The Morgan fingerprint density at radius 1 is 1.37 bits per heavy atom. The highest BCUT2D eigenvalue weighted by atomic mass is 35.5. The summed E-state index contributed by atoms with van der Waals surface area (Å²) in [5.74, 6) is -0.215. The number of halogens is 2. The number of rotatable bonds is 5. The van der Waals surface area contributed by atoms with Gasteiger partial charge in [-0.3, -0.25) is 0 Å². The van der Waals surface area contributed by atoms with Crippen LogP contribution in [0.4, 0.5) is 4.39 Å². The van der Waals surface area contributed by atoms with Crippen molar-refractivity contribution in [3.05, 3.63) is 46.3 Å². The Labute approximate surface area is 119 Å². The van der Waals surface area contributed by atoms with Gasteiger partial charge >= 0.3 is 0 Å². The van der Waals surface area contributed by atoms with Gasteiger partial charge in [-0.2, -0.15) is 0 Å². The van der Waals surface area contributed by atoms with Crippen LogP contribution in [0.15, 0.2) is 29.8 Å². The van der Waals surface area contributed by atoms with E-state index in [4.69, 9.17) is 11.6 Å². The third kappa shape index (κ3) is 3.58. The van der Waals surface area contributed by atoms with Crippen LogP contribution in [-0.4, -0.2) is 6.54 Å². The first kappa shape index (κ1) is 14.5. The fraction of sp³-hybridized carbons (Fsp3) is 0.500. The molecule has 1 unspecified atom stereocenters. The van der Waals surface area contributed by atoms with E-state index < -0.39 is 0 Å². The minimum Gasteiger partial charge on any atom is -0.306 e. The van der Waals surface area contributed by atoms with E-state index >= 15 is 0 Å². The summed E-state index contributed by atoms with van der Waals surface area (Å²) >= 11 is 6.22. The van der Waals surface area contributed by atoms with Crippen LogP contribution < -0.4 is 5.32 Å². The maximum absolute atomic E-state index is 14.1. The summed E-state index contributed by atoms with van der Waals surface area (Å²) in [6.45, 7) is 2.98. The molecule has 1 aromatic rings. The lowest BCUT2D eigenvalue weighted by molar-refractivity contribution is 0.516. The van der Waals surface area contributed by atoms with Crippen LogP contribution >= 0.6 is 11.6 Å². The Kier molecular flexibility index (Phi) is 5.41. The van der Waals surface area contributed by atoms with Gasteiger partial charge in [0.25, 0.3) is 0 Å². The van der Waals surface area contributed by atoms with Gasteiger partial charge in [0, 0.05) is 10.6 Å². The van der Waals surface area contributed by atoms with E-state index in [1.54, 1.807) is 12.1 Å². The van der Waals surface area contributed by atoms with Crippen LogP contribution in [0.1, 0.15) is 50.6 Å². The highest BCUT2D eigenvalue weighted by molar-refractivity contribution is 6.31. The van der Waals surface area contributed by atoms with Crippen molar-refractivity contribution in [1.29, 1.82) is 0 Å². The van der Waals surface area contributed by atoms with E-state index in [1.165, 1.54) is 24.5 Å². The molecule has 0 aromatic heterocycles. The SMILES string of the molecule is CCCNC(C1=CCCCC1)c1c(F)cccc1Cl. The van der Waals surface area contributed by atoms with Gasteiger partial charge in [-0.15, -0.1) is 0 Å². The Hall–Kier alpha value is -0.860. The second-order valence-corrected chi connectivity index (χ2v) is 5.45. The van der Waals surface area contributed by atoms with Crippen LogP contribution in [0.5, 0.6) is 0 Å². The van der Waals surface area contributed by atoms with Gasteiger partial charge in [-0.25, -0.2) is 4.39 Å². The van der Waals surface area contributed by atoms with Gasteiger partial charge < -0.3 is 5.32 Å². The average Bonchev–Trinajstić information content (AvgIpc) is 2.43. The normalized spacial score (nSPS) is 17.1. The van der Waals surface area contributed by atoms with Gasteiger partial charge in [0.1, 0.15) is 5.82 Å². The number of benzene rings is 1. The molecule has 1 atom stereocenters. The van der Waals surface area contributed by atoms with Crippen LogP contribution in [-0.2, 0) is 0 Å². The molecule has 1 aliphatic rings. The van der Waals surface area contributed by atoms with E-state index in [2.05, 4.69) is 18.3 Å². The van der Waals surface area contributed by atoms with Crippen molar-refractivity contribution in [2.75, 3.05) is 6.54 Å². The first-order valence-corrected chi connectivity index (χ1v) is 7.48. The predicted octanol–water partition coefficient (Wildman–Crippen LogP) is 5.02. The topological polar surface area (TPSA) is 12.0 Å². The summed E-state index contributed by atoms with van der Waals surface area (Å²) in [4.78, 5) is 0. The second-order valence-electron chi connectivity index (χ2n) is 5.05. The Morgan fingerprint density at radius 2 is 2.21 bits per heavy atom. The van der Waals surface area contributed by atoms with Crippen molar-refractivity contribution in [3.63, 3.8) is 0 Å². The van der Waals surface area contributed by atoms with Crippen molar-refractivity contribution in [1.82, 2.24) is 5.32 Å². The molecule has 104 valence electrons. The lowest BCUT2D eigenvalue weighted by atomic mass is 9.89. The molecule has 1 N–H and O–H groups in total. The summed E-state index contributed by atoms with van der Waals surface area (Å²) in [6, 6.07) is 4.84. The summed E-state index contributed by atoms with van der Waals surface area (Å²) in [7, 11) is 0. The third-order valence-corrected chi connectivity index (χ3v) is 3.91. The molecule has 0 spiro atoms. The summed E-state index contributed by atoms with van der Waals surface area (Å²) < 4.78 is 14.1. The molecule has 0 fully saturated rings. The quantitative estimate of drug-likeness (QED) is 0.747. The molecular weight excluding hydrogens is 261 g/mol. The lowest BCUT2D eigenvalue weighted by Crippen LogP contribution is -2.26. The Balaban J connectivity index is 2.33. The molecule has 0 aliphatic heterocycles. The summed E-state index contributed by atoms with van der Waals surface area (Å²) in [6.07, 6.45) is 7.81. The van der Waals surface area contributed by atoms with E-state index in [0.717, 1.165) is 25.8 Å². The predicted molar refractivity (Wildman–Crippen MR) is 79.0 cm³/mol. The van der Waals surface area contributed by atoms with Crippen LogP contribution in [0.2, 0.25) is 5.02 Å². The molecule has 0 saturated carbocycles. The zero-order valence-electron chi connectivity index (χ0n) is 11.4. The van der Waals surface area contributed by atoms with E-state index in [-0.39, 0.29) is 11.9 Å². The first-order valence-electron chi connectivity index (χ1n) is 7.10. The Bertz CT molecular complexity index is 436. The molecule has 19 heavy (non-hydrogen) atoms. The fourth-order valence-electron chi connectivity index (χ4n) is 2.62. The van der Waals surface area contributed by atoms with E-state index in [0.29, 0.717) is 10.6 Å². The number of nitrogens with one attached hydrogen (secondary N) is 1. The molecule has 1 nitrogen and oxygen atoms in total. The van der Waals surface area contributed by atoms with Crippen molar-refractivity contribution in [2.24, 2.45) is 0 Å². The van der Waals surface area contributed by atoms with Gasteiger partial charge in [-0.05, 0) is 50.8 Å². The second kappa shape index (κ2) is 7.06. The van der Waals surface area contributed by atoms with Crippen molar-refractivity contribution >= 4 is 11.6 Å². The molecule has 3 heteroatoms. The molecule has 1 aromatic carbocycles. The molecule has 0 bridgehead atoms. The van der Waals surface area contributed by atoms with Crippen LogP contribution in [0.3, 0.4) is 0 Å². The zero-order valence-corrected chi connectivity index (χ0v) is 12.1. The third-order valence-electron chi connectivity index (χ3n) is 3.58. The van der Waals surface area contributed by atoms with Crippen LogP contribution in [0.25, 0.3) is 0 Å². The number of hydrogen-bond acceptors (Lipinski definition) is 1. The van der Waals surface area contributed by atoms with E-state index in [1.807, 2.05) is 0 Å². The largest absolute Gasteiger partial charge is 0.306 e.